The number of hydrogen-bond acceptors (Lipinski definition) is 5. The van der Waals surface area contributed by atoms with Gasteiger partial charge in [-0.3, -0.25) is 4.79 Å². The van der Waals surface area contributed by atoms with Gasteiger partial charge in [-0.25, -0.2) is 8.78 Å². The lowest BCUT2D eigenvalue weighted by atomic mass is 9.87. The van der Waals surface area contributed by atoms with E-state index in [1.54, 1.807) is 44.6 Å². The molecule has 1 fully saturated rings. The summed E-state index contributed by atoms with van der Waals surface area (Å²) >= 11 is 0. The summed E-state index contributed by atoms with van der Waals surface area (Å²) < 4.78 is 51.7. The Morgan fingerprint density at radius 3 is 2.46 bits per heavy atom. The molecule has 1 aliphatic carbocycles. The molecule has 1 atom stereocenters. The molecule has 7 heteroatoms. The predicted octanol–water partition coefficient (Wildman–Crippen LogP) is 6.81. The average Bonchev–Trinajstić information content (AvgIpc) is 3.65. The summed E-state index contributed by atoms with van der Waals surface area (Å²) in [5.41, 5.74) is 3.14. The molecule has 37 heavy (non-hydrogen) atoms. The monoisotopic (exact) mass is 510 g/mol. The van der Waals surface area contributed by atoms with Gasteiger partial charge in [-0.15, -0.1) is 0 Å². The van der Waals surface area contributed by atoms with Crippen molar-refractivity contribution in [3.8, 4) is 22.6 Å². The number of methoxy groups -OCH3 is 3. The fraction of sp³-hybridized carbons (Fsp3) is 0.367. The maximum absolute atomic E-state index is 15.0. The number of hydrogen-bond donors (Lipinski definition) is 0. The minimum atomic E-state index is -0.498. The van der Waals surface area contributed by atoms with Crippen LogP contribution in [0.1, 0.15) is 49.0 Å². The summed E-state index contributed by atoms with van der Waals surface area (Å²) in [6.45, 7) is 2.27. The second-order valence-electron chi connectivity index (χ2n) is 9.63. The second-order valence-corrected chi connectivity index (χ2v) is 9.63. The van der Waals surface area contributed by atoms with Crippen LogP contribution in [0, 0.1) is 17.0 Å². The SMILES string of the molecule is COC(=O)CCc1cccc(OCc2ccc(-c3cc(OC)ccc3F)c(C(OC)C3(C)CC3)c2)c1F. The van der Waals surface area contributed by atoms with Crippen LogP contribution < -0.4 is 9.47 Å². The first kappa shape index (κ1) is 26.6. The quantitative estimate of drug-likeness (QED) is 0.265. The van der Waals surface area contributed by atoms with E-state index in [0.29, 0.717) is 16.9 Å². The minimum absolute atomic E-state index is 0.0433. The van der Waals surface area contributed by atoms with Gasteiger partial charge < -0.3 is 18.9 Å². The van der Waals surface area contributed by atoms with Crippen LogP contribution in [0.2, 0.25) is 0 Å². The largest absolute Gasteiger partial charge is 0.497 e. The molecule has 0 bridgehead atoms. The van der Waals surface area contributed by atoms with Crippen LogP contribution >= 0.6 is 0 Å². The summed E-state index contributed by atoms with van der Waals surface area (Å²) in [6.07, 6.45) is 2.08. The number of esters is 1. The van der Waals surface area contributed by atoms with Gasteiger partial charge in [-0.1, -0.05) is 31.2 Å². The third-order valence-electron chi connectivity index (χ3n) is 7.03. The van der Waals surface area contributed by atoms with E-state index in [9.17, 15) is 9.18 Å². The van der Waals surface area contributed by atoms with E-state index >= 15 is 4.39 Å². The van der Waals surface area contributed by atoms with Gasteiger partial charge in [0.15, 0.2) is 11.6 Å². The van der Waals surface area contributed by atoms with Gasteiger partial charge in [0.1, 0.15) is 18.2 Å². The lowest BCUT2D eigenvalue weighted by molar-refractivity contribution is -0.140. The minimum Gasteiger partial charge on any atom is -0.497 e. The third-order valence-corrected chi connectivity index (χ3v) is 7.03. The lowest BCUT2D eigenvalue weighted by Crippen LogP contribution is -2.15. The fourth-order valence-electron chi connectivity index (χ4n) is 4.61. The number of benzene rings is 3. The van der Waals surface area contributed by atoms with Crippen molar-refractivity contribution in [1.82, 2.24) is 0 Å². The van der Waals surface area contributed by atoms with Crippen molar-refractivity contribution < 1.29 is 32.5 Å². The Morgan fingerprint density at radius 1 is 1.00 bits per heavy atom. The smallest absolute Gasteiger partial charge is 0.305 e. The summed E-state index contributed by atoms with van der Waals surface area (Å²) in [4.78, 5) is 11.4. The van der Waals surface area contributed by atoms with E-state index in [0.717, 1.165) is 29.5 Å². The fourth-order valence-corrected chi connectivity index (χ4v) is 4.61. The lowest BCUT2D eigenvalue weighted by Gasteiger charge is -2.26. The van der Waals surface area contributed by atoms with E-state index in [2.05, 4.69) is 11.7 Å². The number of carbonyl (C=O) groups excluding carboxylic acids is 1. The second kappa shape index (κ2) is 11.3. The first-order valence-corrected chi connectivity index (χ1v) is 12.3. The highest BCUT2D eigenvalue weighted by molar-refractivity contribution is 5.71. The molecular formula is C30H32F2O5. The molecule has 0 spiro atoms. The molecule has 0 aliphatic heterocycles. The van der Waals surface area contributed by atoms with Crippen LogP contribution in [-0.4, -0.2) is 27.3 Å². The molecule has 196 valence electrons. The van der Waals surface area contributed by atoms with E-state index in [1.807, 2.05) is 18.2 Å². The Balaban J connectivity index is 1.64. The van der Waals surface area contributed by atoms with E-state index in [-0.39, 0.29) is 42.5 Å². The zero-order chi connectivity index (χ0) is 26.6. The zero-order valence-corrected chi connectivity index (χ0v) is 21.6. The molecule has 0 heterocycles. The van der Waals surface area contributed by atoms with Crippen molar-refractivity contribution in [1.29, 1.82) is 0 Å². The maximum Gasteiger partial charge on any atom is 0.305 e. The van der Waals surface area contributed by atoms with Crippen molar-refractivity contribution in [3.63, 3.8) is 0 Å². The average molecular weight is 511 g/mol. The van der Waals surface area contributed by atoms with Crippen LogP contribution in [-0.2, 0) is 27.3 Å². The van der Waals surface area contributed by atoms with Crippen molar-refractivity contribution in [2.75, 3.05) is 21.3 Å². The number of rotatable bonds is 11. The van der Waals surface area contributed by atoms with Gasteiger partial charge in [0.2, 0.25) is 0 Å². The highest BCUT2D eigenvalue weighted by Gasteiger charge is 2.46. The summed E-state index contributed by atoms with van der Waals surface area (Å²) in [6, 6.07) is 15.2. The molecule has 1 saturated carbocycles. The normalized spacial score (nSPS) is 14.6. The van der Waals surface area contributed by atoms with Gasteiger partial charge in [-0.05, 0) is 77.3 Å². The van der Waals surface area contributed by atoms with Crippen LogP contribution in [0.3, 0.4) is 0 Å². The Morgan fingerprint density at radius 2 is 1.78 bits per heavy atom. The van der Waals surface area contributed by atoms with Gasteiger partial charge >= 0.3 is 5.97 Å². The van der Waals surface area contributed by atoms with Crippen LogP contribution in [0.25, 0.3) is 11.1 Å². The van der Waals surface area contributed by atoms with Crippen LogP contribution in [0.15, 0.2) is 54.6 Å². The van der Waals surface area contributed by atoms with Gasteiger partial charge in [0.05, 0.1) is 20.3 Å². The van der Waals surface area contributed by atoms with Crippen molar-refractivity contribution in [2.24, 2.45) is 5.41 Å². The van der Waals surface area contributed by atoms with E-state index in [1.165, 1.54) is 13.2 Å². The number of carbonyl (C=O) groups is 1. The molecule has 0 aromatic heterocycles. The number of halogens is 2. The molecule has 0 N–H and O–H groups in total. The number of ether oxygens (including phenoxy) is 4. The van der Waals surface area contributed by atoms with Crippen LogP contribution in [0.4, 0.5) is 8.78 Å². The summed E-state index contributed by atoms with van der Waals surface area (Å²) in [5.74, 6) is -0.592. The van der Waals surface area contributed by atoms with E-state index in [4.69, 9.17) is 14.2 Å². The summed E-state index contributed by atoms with van der Waals surface area (Å²) in [7, 11) is 4.52. The number of aryl methyl sites for hydroxylation is 1. The van der Waals surface area contributed by atoms with Crippen molar-refractivity contribution in [3.05, 3.63) is 82.9 Å². The molecular weight excluding hydrogens is 478 g/mol. The molecule has 5 nitrogen and oxygen atoms in total. The standard InChI is InChI=1S/C30H32F2O5/c1-30(14-15-30)29(36-4)24-16-19(8-11-22(24)23-17-21(34-2)10-12-25(23)31)18-37-26-7-5-6-20(28(26)32)9-13-27(33)35-3/h5-8,10-12,16-17,29H,9,13-15,18H2,1-4H3. The highest BCUT2D eigenvalue weighted by Crippen LogP contribution is 2.57. The first-order chi connectivity index (χ1) is 17.8. The molecule has 1 aliphatic rings. The summed E-state index contributed by atoms with van der Waals surface area (Å²) in [5, 5.41) is 0. The Kier molecular flexibility index (Phi) is 8.13. The highest BCUT2D eigenvalue weighted by atomic mass is 19.1. The molecule has 3 aromatic carbocycles. The first-order valence-electron chi connectivity index (χ1n) is 12.3. The van der Waals surface area contributed by atoms with Crippen molar-refractivity contribution >= 4 is 5.97 Å². The Hall–Kier alpha value is -3.45. The molecule has 4 rings (SSSR count). The van der Waals surface area contributed by atoms with E-state index < -0.39 is 11.8 Å². The zero-order valence-electron chi connectivity index (χ0n) is 21.6. The van der Waals surface area contributed by atoms with Gasteiger partial charge in [0.25, 0.3) is 0 Å². The topological polar surface area (TPSA) is 54.0 Å². The van der Waals surface area contributed by atoms with Gasteiger partial charge in [0, 0.05) is 19.1 Å². The maximum atomic E-state index is 15.0. The third kappa shape index (κ3) is 5.93. The van der Waals surface area contributed by atoms with Crippen molar-refractivity contribution in [2.45, 2.75) is 45.3 Å². The Bertz CT molecular complexity index is 1270. The molecule has 1 unspecified atom stereocenters. The Labute approximate surface area is 216 Å². The molecule has 0 saturated heterocycles. The molecule has 0 radical (unpaired) electrons. The van der Waals surface area contributed by atoms with Crippen LogP contribution in [0.5, 0.6) is 11.5 Å². The molecule has 0 amide bonds. The predicted molar refractivity (Wildman–Crippen MR) is 137 cm³/mol. The van der Waals surface area contributed by atoms with Gasteiger partial charge in [-0.2, -0.15) is 0 Å². The molecule has 3 aromatic rings.